The molecule has 0 spiro atoms. The lowest BCUT2D eigenvalue weighted by Gasteiger charge is -2.18. The zero-order valence-corrected chi connectivity index (χ0v) is 10.8. The van der Waals surface area contributed by atoms with Gasteiger partial charge in [0, 0.05) is 13.1 Å². The van der Waals surface area contributed by atoms with Crippen molar-refractivity contribution in [1.29, 1.82) is 0 Å². The number of aromatic nitrogens is 1. The van der Waals surface area contributed by atoms with E-state index in [2.05, 4.69) is 10.3 Å². The number of amides is 1. The van der Waals surface area contributed by atoms with Crippen molar-refractivity contribution in [3.63, 3.8) is 0 Å². The maximum Gasteiger partial charge on any atom is 0.239 e. The molecule has 1 unspecified atom stereocenters. The van der Waals surface area contributed by atoms with Gasteiger partial charge in [-0.25, -0.2) is 0 Å². The van der Waals surface area contributed by atoms with Gasteiger partial charge in [0.05, 0.1) is 30.2 Å². The predicted octanol–water partition coefficient (Wildman–Crippen LogP) is 0.850. The number of carbonyl (C=O) groups is 1. The first kappa shape index (κ1) is 12.8. The molecule has 1 atom stereocenters. The normalized spacial score (nSPS) is 16.2. The lowest BCUT2D eigenvalue weighted by molar-refractivity contribution is -0.119. The molecular weight excluding hydrogens is 230 g/mol. The zero-order chi connectivity index (χ0) is 13.1. The predicted molar refractivity (Wildman–Crippen MR) is 69.3 cm³/mol. The van der Waals surface area contributed by atoms with Crippen molar-refractivity contribution in [2.75, 3.05) is 18.5 Å². The standard InChI is InChI=1S/C13H19N3O2/c1-9(17)12-6-5-11(7-14-12)16(2)8-13(18)15-10-3-4-10/h5-7,9-10,17H,3-4,8H2,1-2H3,(H,15,18). The highest BCUT2D eigenvalue weighted by atomic mass is 16.3. The second-order valence-electron chi connectivity index (χ2n) is 4.82. The van der Waals surface area contributed by atoms with Gasteiger partial charge < -0.3 is 15.3 Å². The second kappa shape index (κ2) is 5.35. The van der Waals surface area contributed by atoms with E-state index in [-0.39, 0.29) is 5.91 Å². The molecule has 5 heteroatoms. The molecule has 0 aromatic carbocycles. The van der Waals surface area contributed by atoms with Gasteiger partial charge in [-0.3, -0.25) is 9.78 Å². The molecule has 1 aromatic heterocycles. The number of nitrogens with one attached hydrogen (secondary N) is 1. The summed E-state index contributed by atoms with van der Waals surface area (Å²) in [5.41, 5.74) is 1.50. The molecule has 1 saturated carbocycles. The Balaban J connectivity index is 1.90. The number of hydrogen-bond acceptors (Lipinski definition) is 4. The first-order chi connectivity index (χ1) is 8.56. The lowest BCUT2D eigenvalue weighted by atomic mass is 10.2. The molecule has 2 N–H and O–H groups in total. The van der Waals surface area contributed by atoms with Crippen molar-refractivity contribution in [3.8, 4) is 0 Å². The van der Waals surface area contributed by atoms with E-state index in [0.29, 0.717) is 18.3 Å². The van der Waals surface area contributed by atoms with Crippen LogP contribution in [-0.4, -0.2) is 35.6 Å². The molecule has 1 amide bonds. The number of carbonyl (C=O) groups excluding carboxylic acids is 1. The van der Waals surface area contributed by atoms with E-state index in [9.17, 15) is 9.90 Å². The van der Waals surface area contributed by atoms with Gasteiger partial charge in [0.1, 0.15) is 0 Å². The SMILES string of the molecule is CC(O)c1ccc(N(C)CC(=O)NC2CC2)cn1. The van der Waals surface area contributed by atoms with Crippen molar-refractivity contribution >= 4 is 11.6 Å². The molecule has 1 fully saturated rings. The minimum absolute atomic E-state index is 0.0413. The monoisotopic (exact) mass is 249 g/mol. The summed E-state index contributed by atoms with van der Waals surface area (Å²) >= 11 is 0. The third-order valence-electron chi connectivity index (χ3n) is 2.96. The Morgan fingerprint density at radius 3 is 2.83 bits per heavy atom. The molecule has 2 rings (SSSR count). The van der Waals surface area contributed by atoms with Crippen LogP contribution < -0.4 is 10.2 Å². The highest BCUT2D eigenvalue weighted by Gasteiger charge is 2.23. The Labute approximate surface area is 107 Å². The first-order valence-corrected chi connectivity index (χ1v) is 6.21. The molecule has 1 heterocycles. The number of pyridine rings is 1. The molecule has 0 aliphatic heterocycles. The van der Waals surface area contributed by atoms with E-state index in [1.54, 1.807) is 19.2 Å². The number of nitrogens with zero attached hydrogens (tertiary/aromatic N) is 2. The Kier molecular flexibility index (Phi) is 3.81. The quantitative estimate of drug-likeness (QED) is 0.812. The zero-order valence-electron chi connectivity index (χ0n) is 10.8. The van der Waals surface area contributed by atoms with E-state index in [1.165, 1.54) is 0 Å². The topological polar surface area (TPSA) is 65.5 Å². The number of likely N-dealkylation sites (N-methyl/N-ethyl adjacent to an activating group) is 1. The first-order valence-electron chi connectivity index (χ1n) is 6.21. The summed E-state index contributed by atoms with van der Waals surface area (Å²) in [6.45, 7) is 2.00. The third kappa shape index (κ3) is 3.43. The van der Waals surface area contributed by atoms with Gasteiger partial charge in [0.2, 0.25) is 5.91 Å². The minimum Gasteiger partial charge on any atom is -0.387 e. The Morgan fingerprint density at radius 1 is 1.61 bits per heavy atom. The fourth-order valence-electron chi connectivity index (χ4n) is 1.68. The van der Waals surface area contributed by atoms with Crippen LogP contribution >= 0.6 is 0 Å². The molecule has 1 aromatic rings. The average Bonchev–Trinajstić information content (AvgIpc) is 3.12. The third-order valence-corrected chi connectivity index (χ3v) is 2.96. The van der Waals surface area contributed by atoms with Crippen molar-refractivity contribution in [2.45, 2.75) is 31.9 Å². The van der Waals surface area contributed by atoms with Crippen LogP contribution in [0.25, 0.3) is 0 Å². The van der Waals surface area contributed by atoms with E-state index < -0.39 is 6.10 Å². The summed E-state index contributed by atoms with van der Waals surface area (Å²) in [5, 5.41) is 12.3. The van der Waals surface area contributed by atoms with Crippen molar-refractivity contribution in [2.24, 2.45) is 0 Å². The van der Waals surface area contributed by atoms with Gasteiger partial charge in [0.15, 0.2) is 0 Å². The van der Waals surface area contributed by atoms with Crippen molar-refractivity contribution < 1.29 is 9.90 Å². The molecule has 1 aliphatic carbocycles. The molecule has 1 aliphatic rings. The fourth-order valence-corrected chi connectivity index (χ4v) is 1.68. The Hall–Kier alpha value is -1.62. The average molecular weight is 249 g/mol. The van der Waals surface area contributed by atoms with Gasteiger partial charge in [-0.05, 0) is 31.9 Å². The molecule has 0 bridgehead atoms. The summed E-state index contributed by atoms with van der Waals surface area (Å²) in [7, 11) is 1.85. The van der Waals surface area contributed by atoms with Gasteiger partial charge in [-0.2, -0.15) is 0 Å². The van der Waals surface area contributed by atoms with Crippen LogP contribution in [0.5, 0.6) is 0 Å². The van der Waals surface area contributed by atoms with Gasteiger partial charge >= 0.3 is 0 Å². The minimum atomic E-state index is -0.567. The molecule has 0 radical (unpaired) electrons. The lowest BCUT2D eigenvalue weighted by Crippen LogP contribution is -2.36. The Bertz CT molecular complexity index is 413. The van der Waals surface area contributed by atoms with Crippen LogP contribution in [0.2, 0.25) is 0 Å². The summed E-state index contributed by atoms with van der Waals surface area (Å²) in [4.78, 5) is 17.6. The summed E-state index contributed by atoms with van der Waals surface area (Å²) in [6, 6.07) is 4.02. The van der Waals surface area contributed by atoms with Crippen LogP contribution in [0.15, 0.2) is 18.3 Å². The van der Waals surface area contributed by atoms with Gasteiger partial charge in [-0.1, -0.05) is 0 Å². The van der Waals surface area contributed by atoms with Crippen molar-refractivity contribution in [1.82, 2.24) is 10.3 Å². The van der Waals surface area contributed by atoms with Gasteiger partial charge in [-0.15, -0.1) is 0 Å². The van der Waals surface area contributed by atoms with E-state index in [1.807, 2.05) is 18.0 Å². The Morgan fingerprint density at radius 2 is 2.33 bits per heavy atom. The number of anilines is 1. The van der Waals surface area contributed by atoms with Crippen LogP contribution in [-0.2, 0) is 4.79 Å². The molecular formula is C13H19N3O2. The van der Waals surface area contributed by atoms with Crippen LogP contribution in [0, 0.1) is 0 Å². The summed E-state index contributed by atoms with van der Waals surface area (Å²) in [6.07, 6.45) is 3.30. The summed E-state index contributed by atoms with van der Waals surface area (Å²) < 4.78 is 0. The van der Waals surface area contributed by atoms with E-state index >= 15 is 0 Å². The fraction of sp³-hybridized carbons (Fsp3) is 0.538. The molecule has 0 saturated heterocycles. The van der Waals surface area contributed by atoms with Gasteiger partial charge in [0.25, 0.3) is 0 Å². The van der Waals surface area contributed by atoms with E-state index in [0.717, 1.165) is 18.5 Å². The molecule has 98 valence electrons. The maximum absolute atomic E-state index is 11.6. The van der Waals surface area contributed by atoms with Crippen molar-refractivity contribution in [3.05, 3.63) is 24.0 Å². The number of hydrogen-bond donors (Lipinski definition) is 2. The second-order valence-corrected chi connectivity index (χ2v) is 4.82. The number of aliphatic hydroxyl groups is 1. The highest BCUT2D eigenvalue weighted by Crippen LogP contribution is 2.19. The number of aliphatic hydroxyl groups excluding tert-OH is 1. The van der Waals surface area contributed by atoms with Crippen LogP contribution in [0.1, 0.15) is 31.6 Å². The van der Waals surface area contributed by atoms with Crippen LogP contribution in [0.4, 0.5) is 5.69 Å². The largest absolute Gasteiger partial charge is 0.387 e. The molecule has 5 nitrogen and oxygen atoms in total. The summed E-state index contributed by atoms with van der Waals surface area (Å²) in [5.74, 6) is 0.0413. The van der Waals surface area contributed by atoms with Crippen LogP contribution in [0.3, 0.4) is 0 Å². The number of rotatable bonds is 5. The van der Waals surface area contributed by atoms with E-state index in [4.69, 9.17) is 0 Å². The maximum atomic E-state index is 11.6. The highest BCUT2D eigenvalue weighted by molar-refractivity contribution is 5.81. The smallest absolute Gasteiger partial charge is 0.239 e. The molecule has 18 heavy (non-hydrogen) atoms.